The van der Waals surface area contributed by atoms with Crippen molar-refractivity contribution in [3.8, 4) is 0 Å². The molecule has 6 unspecified atom stereocenters. The first-order chi connectivity index (χ1) is 14.3. The second-order valence-electron chi connectivity index (χ2n) is 10.6. The molecule has 4 rings (SSSR count). The number of fused-ring (bicyclic) bond motifs is 2. The van der Waals surface area contributed by atoms with E-state index in [1.54, 1.807) is 12.5 Å². The van der Waals surface area contributed by atoms with Crippen LogP contribution in [0.25, 0.3) is 0 Å². The Morgan fingerprint density at radius 3 is 2.03 bits per heavy atom. The molecule has 0 amide bonds. The van der Waals surface area contributed by atoms with Crippen molar-refractivity contribution < 1.29 is 4.79 Å². The lowest BCUT2D eigenvalue weighted by molar-refractivity contribution is -0.113. The molecule has 166 valence electrons. The van der Waals surface area contributed by atoms with E-state index in [0.29, 0.717) is 17.3 Å². The fourth-order valence-corrected chi connectivity index (χ4v) is 6.75. The molecule has 0 radical (unpaired) electrons. The smallest absolute Gasteiger partial charge is 0.155 e. The average Bonchev–Trinajstić information content (AvgIpc) is 3.10. The van der Waals surface area contributed by atoms with Crippen LogP contribution < -0.4 is 0 Å². The highest BCUT2D eigenvalue weighted by Crippen LogP contribution is 2.52. The van der Waals surface area contributed by atoms with Gasteiger partial charge >= 0.3 is 0 Å². The Morgan fingerprint density at radius 2 is 1.50 bits per heavy atom. The van der Waals surface area contributed by atoms with Gasteiger partial charge in [0.1, 0.15) is 0 Å². The first-order valence-electron chi connectivity index (χ1n) is 12.5. The summed E-state index contributed by atoms with van der Waals surface area (Å²) in [5.74, 6) is 3.22. The predicted octanol–water partition coefficient (Wildman–Crippen LogP) is 8.24. The van der Waals surface area contributed by atoms with Gasteiger partial charge in [0.15, 0.2) is 5.78 Å². The number of Topliss-reactive ketones (excluding diaryl/α,β-unsaturated/α-hetero) is 1. The molecule has 0 aliphatic heterocycles. The zero-order valence-corrected chi connectivity index (χ0v) is 20.3. The second-order valence-corrected chi connectivity index (χ2v) is 10.6. The highest BCUT2D eigenvalue weighted by molar-refractivity contribution is 5.94. The zero-order valence-electron chi connectivity index (χ0n) is 20.3. The largest absolute Gasteiger partial charge is 0.295 e. The van der Waals surface area contributed by atoms with E-state index in [2.05, 4.69) is 71.1 Å². The van der Waals surface area contributed by atoms with Gasteiger partial charge in [-0.15, -0.1) is 0 Å². The molecule has 6 atom stereocenters. The van der Waals surface area contributed by atoms with Gasteiger partial charge in [0.25, 0.3) is 0 Å². The van der Waals surface area contributed by atoms with Crippen molar-refractivity contribution in [2.24, 2.45) is 34.5 Å². The molecule has 0 saturated carbocycles. The highest BCUT2D eigenvalue weighted by atomic mass is 16.1. The topological polar surface area (TPSA) is 17.1 Å². The summed E-state index contributed by atoms with van der Waals surface area (Å²) in [6.45, 7) is 13.4. The maximum absolute atomic E-state index is 11.4. The van der Waals surface area contributed by atoms with Crippen LogP contribution in [0.15, 0.2) is 47.6 Å². The number of carbonyl (C=O) groups excluding carboxylic acids is 1. The molecule has 0 fully saturated rings. The van der Waals surface area contributed by atoms with Gasteiger partial charge in [-0.3, -0.25) is 4.79 Å². The molecule has 0 spiro atoms. The summed E-state index contributed by atoms with van der Waals surface area (Å²) in [5, 5.41) is 0. The van der Waals surface area contributed by atoms with Crippen LogP contribution in [0.4, 0.5) is 0 Å². The van der Waals surface area contributed by atoms with E-state index in [-0.39, 0.29) is 11.2 Å². The third-order valence-electron chi connectivity index (χ3n) is 9.04. The van der Waals surface area contributed by atoms with Crippen LogP contribution in [0.1, 0.15) is 92.9 Å². The monoisotopic (exact) mass is 408 g/mol. The number of carbonyl (C=O) groups is 1. The summed E-state index contributed by atoms with van der Waals surface area (Å²) in [6, 6.07) is 0. The van der Waals surface area contributed by atoms with E-state index in [1.807, 2.05) is 0 Å². The van der Waals surface area contributed by atoms with Crippen LogP contribution in [0.5, 0.6) is 0 Å². The Morgan fingerprint density at radius 1 is 0.933 bits per heavy atom. The third-order valence-corrected chi connectivity index (χ3v) is 9.04. The summed E-state index contributed by atoms with van der Waals surface area (Å²) in [5.41, 5.74) is 3.45. The SMILES string of the molecule is CCC1=CC2(C)C(C=CCC2CC)CC1.CCC1CC=CC2CC(C(C)=O)=CC21C. The first-order valence-corrected chi connectivity index (χ1v) is 12.5. The molecular formula is C29H44O. The van der Waals surface area contributed by atoms with Gasteiger partial charge in [0.2, 0.25) is 0 Å². The summed E-state index contributed by atoms with van der Waals surface area (Å²) >= 11 is 0. The molecule has 0 N–H and O–H groups in total. The fraction of sp³-hybridized carbons (Fsp3) is 0.690. The van der Waals surface area contributed by atoms with E-state index in [4.69, 9.17) is 0 Å². The summed E-state index contributed by atoms with van der Waals surface area (Å²) < 4.78 is 0. The van der Waals surface area contributed by atoms with Crippen LogP contribution >= 0.6 is 0 Å². The second kappa shape index (κ2) is 9.41. The minimum Gasteiger partial charge on any atom is -0.295 e. The molecule has 1 nitrogen and oxygen atoms in total. The van der Waals surface area contributed by atoms with Crippen molar-refractivity contribution >= 4 is 5.78 Å². The van der Waals surface area contributed by atoms with E-state index < -0.39 is 0 Å². The maximum Gasteiger partial charge on any atom is 0.155 e. The van der Waals surface area contributed by atoms with E-state index >= 15 is 0 Å². The van der Waals surface area contributed by atoms with Gasteiger partial charge in [-0.05, 0) is 85.5 Å². The normalized spacial score (nSPS) is 39.3. The van der Waals surface area contributed by atoms with Crippen molar-refractivity contribution in [2.45, 2.75) is 92.9 Å². The zero-order chi connectivity index (χ0) is 21.9. The van der Waals surface area contributed by atoms with Crippen molar-refractivity contribution in [1.82, 2.24) is 0 Å². The molecule has 30 heavy (non-hydrogen) atoms. The Bertz CT molecular complexity index is 750. The Kier molecular flexibility index (Phi) is 7.31. The van der Waals surface area contributed by atoms with E-state index in [1.165, 1.54) is 44.9 Å². The van der Waals surface area contributed by atoms with Crippen molar-refractivity contribution in [1.29, 1.82) is 0 Å². The number of hydrogen-bond donors (Lipinski definition) is 0. The lowest BCUT2D eigenvalue weighted by Crippen LogP contribution is -2.37. The standard InChI is InChI=1S/C15H24.C14H20O/c1-4-12-9-10-14-8-6-7-13(5-2)15(14,3)11-12;1-4-12-6-5-7-13-8-11(10(2)15)9-14(12,13)3/h6,8,11,13-14H,4-5,7,9-10H2,1-3H3;5,7,9,12-13H,4,6,8H2,1-3H3. The lowest BCUT2D eigenvalue weighted by atomic mass is 9.58. The van der Waals surface area contributed by atoms with Crippen molar-refractivity contribution in [3.63, 3.8) is 0 Å². The van der Waals surface area contributed by atoms with Crippen LogP contribution in [-0.4, -0.2) is 5.78 Å². The predicted molar refractivity (Wildman–Crippen MR) is 129 cm³/mol. The van der Waals surface area contributed by atoms with Crippen LogP contribution in [-0.2, 0) is 4.79 Å². The van der Waals surface area contributed by atoms with Crippen molar-refractivity contribution in [2.75, 3.05) is 0 Å². The summed E-state index contributed by atoms with van der Waals surface area (Å²) in [7, 11) is 0. The number of hydrogen-bond acceptors (Lipinski definition) is 1. The van der Waals surface area contributed by atoms with Gasteiger partial charge in [-0.1, -0.05) is 89.5 Å². The Balaban J connectivity index is 0.000000171. The first kappa shape index (κ1) is 23.3. The number of rotatable bonds is 4. The number of allylic oxidation sites excluding steroid dienone is 8. The van der Waals surface area contributed by atoms with Crippen LogP contribution in [0, 0.1) is 34.5 Å². The summed E-state index contributed by atoms with van der Waals surface area (Å²) in [4.78, 5) is 11.4. The fourth-order valence-electron chi connectivity index (χ4n) is 6.75. The van der Waals surface area contributed by atoms with Gasteiger partial charge in [-0.25, -0.2) is 0 Å². The van der Waals surface area contributed by atoms with Gasteiger partial charge < -0.3 is 0 Å². The van der Waals surface area contributed by atoms with Gasteiger partial charge in [-0.2, -0.15) is 0 Å². The van der Waals surface area contributed by atoms with Crippen LogP contribution in [0.2, 0.25) is 0 Å². The summed E-state index contributed by atoms with van der Waals surface area (Å²) in [6.07, 6.45) is 24.3. The van der Waals surface area contributed by atoms with Gasteiger partial charge in [0.05, 0.1) is 0 Å². The van der Waals surface area contributed by atoms with Gasteiger partial charge in [0, 0.05) is 0 Å². The Hall–Kier alpha value is -1.37. The molecule has 0 aromatic carbocycles. The number of ketones is 1. The van der Waals surface area contributed by atoms with E-state index in [9.17, 15) is 4.79 Å². The minimum atomic E-state index is 0.241. The molecule has 0 bridgehead atoms. The molecule has 0 aromatic heterocycles. The molecular weight excluding hydrogens is 364 g/mol. The minimum absolute atomic E-state index is 0.241. The van der Waals surface area contributed by atoms with E-state index in [0.717, 1.165) is 23.8 Å². The quantitative estimate of drug-likeness (QED) is 0.428. The molecule has 0 saturated heterocycles. The molecule has 0 heterocycles. The third kappa shape index (κ3) is 4.32. The molecule has 4 aliphatic carbocycles. The molecule has 4 aliphatic rings. The Labute approximate surface area is 185 Å². The average molecular weight is 409 g/mol. The van der Waals surface area contributed by atoms with Crippen molar-refractivity contribution in [3.05, 3.63) is 47.6 Å². The molecule has 0 aromatic rings. The highest BCUT2D eigenvalue weighted by Gasteiger charge is 2.44. The molecule has 1 heteroatoms. The van der Waals surface area contributed by atoms with Crippen LogP contribution in [0.3, 0.4) is 0 Å². The lowest BCUT2D eigenvalue weighted by Gasteiger charge is -2.46. The maximum atomic E-state index is 11.4.